The molecule has 0 aromatic heterocycles. The van der Waals surface area contributed by atoms with Crippen LogP contribution in [0.3, 0.4) is 0 Å². The number of ether oxygens (including phenoxy) is 1. The number of alkyl halides is 1. The molecule has 0 heterocycles. The van der Waals surface area contributed by atoms with Crippen LogP contribution in [0.25, 0.3) is 0 Å². The van der Waals surface area contributed by atoms with Gasteiger partial charge in [-0.05, 0) is 34.8 Å². The maximum absolute atomic E-state index is 11.0. The van der Waals surface area contributed by atoms with Crippen LogP contribution < -0.4 is 4.74 Å². The monoisotopic (exact) mass is 391 g/mol. The SMILES string of the molecule is O=[N+]([O-])c1cccc(Br)c1OCC1(CBr)CCCC1. The lowest BCUT2D eigenvalue weighted by Crippen LogP contribution is -2.27. The highest BCUT2D eigenvalue weighted by Crippen LogP contribution is 2.42. The van der Waals surface area contributed by atoms with Crippen molar-refractivity contribution in [3.05, 3.63) is 32.8 Å². The molecule has 1 saturated carbocycles. The zero-order valence-electron chi connectivity index (χ0n) is 10.4. The summed E-state index contributed by atoms with van der Waals surface area (Å²) in [5, 5.41) is 11.9. The second kappa shape index (κ2) is 6.22. The molecule has 0 spiro atoms. The number of rotatable bonds is 5. The Kier molecular flexibility index (Phi) is 4.84. The summed E-state index contributed by atoms with van der Waals surface area (Å²) in [6.45, 7) is 0.516. The zero-order valence-corrected chi connectivity index (χ0v) is 13.6. The average molecular weight is 393 g/mol. The summed E-state index contributed by atoms with van der Waals surface area (Å²) in [5.41, 5.74) is 0.125. The molecule has 104 valence electrons. The lowest BCUT2D eigenvalue weighted by molar-refractivity contribution is -0.386. The molecule has 0 saturated heterocycles. The number of nitrogens with zero attached hydrogens (tertiary/aromatic N) is 1. The third-order valence-electron chi connectivity index (χ3n) is 3.61. The van der Waals surface area contributed by atoms with Gasteiger partial charge in [-0.15, -0.1) is 0 Å². The van der Waals surface area contributed by atoms with Crippen molar-refractivity contribution in [1.82, 2.24) is 0 Å². The summed E-state index contributed by atoms with van der Waals surface area (Å²) < 4.78 is 6.42. The van der Waals surface area contributed by atoms with E-state index >= 15 is 0 Å². The Morgan fingerprint density at radius 2 is 2.05 bits per heavy atom. The molecule has 1 aromatic carbocycles. The van der Waals surface area contributed by atoms with Crippen LogP contribution in [0.5, 0.6) is 5.75 Å². The van der Waals surface area contributed by atoms with E-state index in [9.17, 15) is 10.1 Å². The minimum absolute atomic E-state index is 0.0112. The van der Waals surface area contributed by atoms with Crippen molar-refractivity contribution in [2.24, 2.45) is 5.41 Å². The molecule has 4 nitrogen and oxygen atoms in total. The standard InChI is InChI=1S/C13H15Br2NO3/c14-8-13(6-1-2-7-13)9-19-12-10(15)4-3-5-11(12)16(17)18/h3-5H,1-2,6-9H2. The maximum atomic E-state index is 11.0. The van der Waals surface area contributed by atoms with E-state index < -0.39 is 4.92 Å². The van der Waals surface area contributed by atoms with Crippen LogP contribution in [0.4, 0.5) is 5.69 Å². The van der Waals surface area contributed by atoms with Gasteiger partial charge < -0.3 is 4.74 Å². The fourth-order valence-electron chi connectivity index (χ4n) is 2.45. The molecule has 0 amide bonds. The maximum Gasteiger partial charge on any atom is 0.312 e. The van der Waals surface area contributed by atoms with Crippen molar-refractivity contribution in [2.45, 2.75) is 25.7 Å². The molecule has 0 aliphatic heterocycles. The van der Waals surface area contributed by atoms with Gasteiger partial charge in [-0.1, -0.05) is 34.8 Å². The van der Waals surface area contributed by atoms with Crippen LogP contribution in [-0.4, -0.2) is 16.9 Å². The fourth-order valence-corrected chi connectivity index (χ4v) is 3.64. The molecule has 0 atom stereocenters. The quantitative estimate of drug-likeness (QED) is 0.414. The highest BCUT2D eigenvalue weighted by atomic mass is 79.9. The second-order valence-corrected chi connectivity index (χ2v) is 6.39. The summed E-state index contributed by atoms with van der Waals surface area (Å²) in [7, 11) is 0. The Morgan fingerprint density at radius 1 is 1.37 bits per heavy atom. The van der Waals surface area contributed by atoms with Crippen LogP contribution in [0.2, 0.25) is 0 Å². The smallest absolute Gasteiger partial charge is 0.312 e. The van der Waals surface area contributed by atoms with E-state index in [1.165, 1.54) is 18.9 Å². The predicted octanol–water partition coefficient (Wildman–Crippen LogP) is 4.69. The number of benzene rings is 1. The summed E-state index contributed by atoms with van der Waals surface area (Å²) in [6.07, 6.45) is 4.62. The summed E-state index contributed by atoms with van der Waals surface area (Å²) in [4.78, 5) is 10.6. The number of halogens is 2. The largest absolute Gasteiger partial charge is 0.485 e. The first-order valence-corrected chi connectivity index (χ1v) is 8.11. The van der Waals surface area contributed by atoms with E-state index in [-0.39, 0.29) is 11.1 Å². The van der Waals surface area contributed by atoms with E-state index in [1.807, 2.05) is 0 Å². The van der Waals surface area contributed by atoms with Crippen LogP contribution in [0, 0.1) is 15.5 Å². The topological polar surface area (TPSA) is 52.4 Å². The Morgan fingerprint density at radius 3 is 2.63 bits per heavy atom. The first kappa shape index (κ1) is 14.8. The lowest BCUT2D eigenvalue weighted by atomic mass is 9.90. The van der Waals surface area contributed by atoms with Crippen molar-refractivity contribution in [2.75, 3.05) is 11.9 Å². The van der Waals surface area contributed by atoms with Gasteiger partial charge in [0.1, 0.15) is 0 Å². The Bertz CT molecular complexity index is 473. The van der Waals surface area contributed by atoms with Crippen molar-refractivity contribution < 1.29 is 9.66 Å². The molecule has 0 unspecified atom stereocenters. The normalized spacial score (nSPS) is 17.4. The van der Waals surface area contributed by atoms with Gasteiger partial charge in [0.25, 0.3) is 0 Å². The van der Waals surface area contributed by atoms with Gasteiger partial charge in [0.2, 0.25) is 5.75 Å². The van der Waals surface area contributed by atoms with Gasteiger partial charge in [0, 0.05) is 16.8 Å². The summed E-state index contributed by atoms with van der Waals surface area (Å²) in [6, 6.07) is 4.87. The molecule has 1 fully saturated rings. The first-order chi connectivity index (χ1) is 9.08. The summed E-state index contributed by atoms with van der Waals surface area (Å²) in [5.74, 6) is 0.333. The van der Waals surface area contributed by atoms with Crippen LogP contribution in [0.15, 0.2) is 22.7 Å². The lowest BCUT2D eigenvalue weighted by Gasteiger charge is -2.26. The zero-order chi connectivity index (χ0) is 13.9. The second-order valence-electron chi connectivity index (χ2n) is 4.97. The molecule has 0 radical (unpaired) electrons. The molecule has 0 N–H and O–H groups in total. The fraction of sp³-hybridized carbons (Fsp3) is 0.538. The predicted molar refractivity (Wildman–Crippen MR) is 81.0 cm³/mol. The van der Waals surface area contributed by atoms with Gasteiger partial charge >= 0.3 is 5.69 Å². The summed E-state index contributed by atoms with van der Waals surface area (Å²) >= 11 is 6.87. The van der Waals surface area contributed by atoms with Gasteiger partial charge in [-0.25, -0.2) is 0 Å². The number of nitro groups is 1. The molecular weight excluding hydrogens is 378 g/mol. The molecule has 0 bridgehead atoms. The number of hydrogen-bond acceptors (Lipinski definition) is 3. The van der Waals surface area contributed by atoms with Crippen molar-refractivity contribution in [3.63, 3.8) is 0 Å². The van der Waals surface area contributed by atoms with Crippen molar-refractivity contribution in [1.29, 1.82) is 0 Å². The molecule has 1 aromatic rings. The van der Waals surface area contributed by atoms with Crippen LogP contribution >= 0.6 is 31.9 Å². The minimum atomic E-state index is -0.407. The molecular formula is C13H15Br2NO3. The Hall–Kier alpha value is -0.620. The van der Waals surface area contributed by atoms with E-state index in [4.69, 9.17) is 4.74 Å². The van der Waals surface area contributed by atoms with E-state index in [0.29, 0.717) is 16.8 Å². The molecule has 6 heteroatoms. The highest BCUT2D eigenvalue weighted by molar-refractivity contribution is 9.10. The van der Waals surface area contributed by atoms with Gasteiger partial charge in [0.15, 0.2) is 0 Å². The van der Waals surface area contributed by atoms with Crippen LogP contribution in [0.1, 0.15) is 25.7 Å². The van der Waals surface area contributed by atoms with E-state index in [0.717, 1.165) is 18.2 Å². The Labute approximate surface area is 128 Å². The third-order valence-corrected chi connectivity index (χ3v) is 5.43. The van der Waals surface area contributed by atoms with E-state index in [2.05, 4.69) is 31.9 Å². The molecule has 19 heavy (non-hydrogen) atoms. The first-order valence-electron chi connectivity index (χ1n) is 6.20. The Balaban J connectivity index is 2.17. The van der Waals surface area contributed by atoms with Gasteiger partial charge in [-0.2, -0.15) is 0 Å². The van der Waals surface area contributed by atoms with Crippen molar-refractivity contribution in [3.8, 4) is 5.75 Å². The number of hydrogen-bond donors (Lipinski definition) is 0. The van der Waals surface area contributed by atoms with E-state index in [1.54, 1.807) is 12.1 Å². The molecule has 2 rings (SSSR count). The average Bonchev–Trinajstić information content (AvgIpc) is 2.86. The van der Waals surface area contributed by atoms with Gasteiger partial charge in [0.05, 0.1) is 16.0 Å². The number of para-hydroxylation sites is 1. The van der Waals surface area contributed by atoms with Crippen molar-refractivity contribution >= 4 is 37.5 Å². The third kappa shape index (κ3) is 3.28. The molecule has 1 aliphatic carbocycles. The number of nitro benzene ring substituents is 1. The minimum Gasteiger partial charge on any atom is -0.485 e. The highest BCUT2D eigenvalue weighted by Gasteiger charge is 2.34. The van der Waals surface area contributed by atoms with Crippen LogP contribution in [-0.2, 0) is 0 Å². The van der Waals surface area contributed by atoms with Gasteiger partial charge in [-0.3, -0.25) is 10.1 Å². The molecule has 1 aliphatic rings.